The Hall–Kier alpha value is -2.36. The van der Waals surface area contributed by atoms with Crippen molar-refractivity contribution in [1.82, 2.24) is 5.32 Å². The molecule has 3 aromatic carbocycles. The van der Waals surface area contributed by atoms with Gasteiger partial charge in [0.2, 0.25) is 0 Å². The summed E-state index contributed by atoms with van der Waals surface area (Å²) in [6.07, 6.45) is -0.418. The van der Waals surface area contributed by atoms with Gasteiger partial charge < -0.3 is 19.4 Å². The minimum Gasteiger partial charge on any atom is -0.449 e. The van der Waals surface area contributed by atoms with Crippen LogP contribution in [0.4, 0.5) is 4.79 Å². The number of nitrogens with one attached hydrogen (secondary N) is 1. The van der Waals surface area contributed by atoms with Gasteiger partial charge in [-0.05, 0) is 121 Å². The summed E-state index contributed by atoms with van der Waals surface area (Å²) in [6, 6.07) is 16.7. The summed E-state index contributed by atoms with van der Waals surface area (Å²) < 4.78 is 19.7. The molecule has 2 aliphatic rings. The van der Waals surface area contributed by atoms with Crippen molar-refractivity contribution in [2.75, 3.05) is 6.61 Å². The first kappa shape index (κ1) is 27.2. The Labute approximate surface area is 239 Å². The molecule has 1 aliphatic heterocycles. The number of ether oxygens (including phenoxy) is 1. The van der Waals surface area contributed by atoms with E-state index in [1.807, 2.05) is 12.1 Å². The van der Waals surface area contributed by atoms with Gasteiger partial charge in [0.25, 0.3) is 0 Å². The maximum Gasteiger partial charge on any atom is 0.495 e. The average molecular weight is 623 g/mol. The zero-order valence-electron chi connectivity index (χ0n) is 23.2. The van der Waals surface area contributed by atoms with Crippen molar-refractivity contribution in [3.63, 3.8) is 0 Å². The summed E-state index contributed by atoms with van der Waals surface area (Å²) >= 11 is 2.39. The summed E-state index contributed by atoms with van der Waals surface area (Å²) in [4.78, 5) is 12.9. The molecule has 1 saturated heterocycles. The summed E-state index contributed by atoms with van der Waals surface area (Å²) in [7, 11) is -0.456. The van der Waals surface area contributed by atoms with Crippen LogP contribution in [-0.4, -0.2) is 31.0 Å². The quantitative estimate of drug-likeness (QED) is 0.259. The van der Waals surface area contributed by atoms with Crippen molar-refractivity contribution < 1.29 is 18.8 Å². The molecule has 7 heteroatoms. The van der Waals surface area contributed by atoms with E-state index in [1.54, 1.807) is 0 Å². The molecule has 0 saturated carbocycles. The van der Waals surface area contributed by atoms with Crippen LogP contribution in [0.1, 0.15) is 67.0 Å². The van der Waals surface area contributed by atoms with E-state index in [0.717, 1.165) is 31.3 Å². The van der Waals surface area contributed by atoms with E-state index in [1.165, 1.54) is 22.3 Å². The molecule has 1 aliphatic carbocycles. The van der Waals surface area contributed by atoms with E-state index in [0.29, 0.717) is 13.2 Å². The van der Waals surface area contributed by atoms with Gasteiger partial charge in [0.05, 0.1) is 11.2 Å². The Kier molecular flexibility index (Phi) is 7.16. The van der Waals surface area contributed by atoms with Gasteiger partial charge >= 0.3 is 13.2 Å². The van der Waals surface area contributed by atoms with Crippen LogP contribution in [0.2, 0.25) is 0 Å². The van der Waals surface area contributed by atoms with E-state index in [4.69, 9.17) is 14.0 Å². The highest BCUT2D eigenvalue weighted by Gasteiger charge is 2.52. The molecule has 5 rings (SSSR count). The van der Waals surface area contributed by atoms with Gasteiger partial charge in [-0.1, -0.05) is 48.5 Å². The van der Waals surface area contributed by atoms with Crippen molar-refractivity contribution in [2.24, 2.45) is 0 Å². The van der Waals surface area contributed by atoms with Crippen LogP contribution in [0, 0.1) is 24.3 Å². The lowest BCUT2D eigenvalue weighted by atomic mass is 9.71. The Morgan fingerprint density at radius 1 is 0.895 bits per heavy atom. The lowest BCUT2D eigenvalue weighted by Crippen LogP contribution is -2.41. The maximum absolute atomic E-state index is 12.9. The second-order valence-electron chi connectivity index (χ2n) is 11.3. The smallest absolute Gasteiger partial charge is 0.449 e. The number of halogens is 1. The molecule has 1 amide bonds. The molecule has 0 radical (unpaired) electrons. The highest BCUT2D eigenvalue weighted by atomic mass is 127. The van der Waals surface area contributed by atoms with Gasteiger partial charge in [-0.2, -0.15) is 0 Å². The monoisotopic (exact) mass is 623 g/mol. The predicted octanol–water partition coefficient (Wildman–Crippen LogP) is 6.55. The lowest BCUT2D eigenvalue weighted by molar-refractivity contribution is 0.00578. The molecule has 0 unspecified atom stereocenters. The van der Waals surface area contributed by atoms with Crippen LogP contribution in [0.3, 0.4) is 0 Å². The number of amides is 1. The van der Waals surface area contributed by atoms with Crippen molar-refractivity contribution in [2.45, 2.75) is 72.1 Å². The molecule has 0 spiro atoms. The third kappa shape index (κ3) is 4.56. The van der Waals surface area contributed by atoms with Gasteiger partial charge in [0.15, 0.2) is 0 Å². The van der Waals surface area contributed by atoms with Crippen molar-refractivity contribution >= 4 is 41.3 Å². The van der Waals surface area contributed by atoms with Crippen LogP contribution in [-0.2, 0) is 20.6 Å². The number of rotatable bonds is 5. The van der Waals surface area contributed by atoms with Gasteiger partial charge in [0.1, 0.15) is 6.61 Å². The van der Waals surface area contributed by atoms with Gasteiger partial charge in [-0.15, -0.1) is 0 Å². The fourth-order valence-electron chi connectivity index (χ4n) is 5.65. The second-order valence-corrected chi connectivity index (χ2v) is 12.4. The SMILES string of the molecule is Cc1c(I)c(C)c(B2OC(C)(C)C(C)(C)O2)c(C)c1CNC(=O)OCC1c2ccccc2-c2ccccc21. The second kappa shape index (κ2) is 9.99. The molecule has 5 nitrogen and oxygen atoms in total. The number of carbonyl (C=O) groups excluding carboxylic acids is 1. The first-order valence-electron chi connectivity index (χ1n) is 13.2. The Morgan fingerprint density at radius 2 is 1.42 bits per heavy atom. The first-order valence-corrected chi connectivity index (χ1v) is 14.2. The number of alkyl carbamates (subject to hydrolysis) is 1. The minimum absolute atomic E-state index is 0.0342. The van der Waals surface area contributed by atoms with Crippen LogP contribution < -0.4 is 10.8 Å². The molecule has 38 heavy (non-hydrogen) atoms. The standard InChI is InChI=1S/C31H35BINO4/c1-18-25(19(2)28(33)20(3)27(18)32-37-30(4,5)31(6,7)38-32)16-34-29(35)36-17-26-23-14-10-8-12-21(23)22-13-9-11-15-24(22)26/h8-15,26H,16-17H2,1-7H3,(H,34,35). The van der Waals surface area contributed by atoms with Crippen LogP contribution in [0.15, 0.2) is 48.5 Å². The Morgan fingerprint density at radius 3 is 1.97 bits per heavy atom. The summed E-state index contributed by atoms with van der Waals surface area (Å²) in [5.41, 5.74) is 9.49. The van der Waals surface area contributed by atoms with Crippen LogP contribution in [0.5, 0.6) is 0 Å². The molecule has 198 valence electrons. The number of hydrogen-bond acceptors (Lipinski definition) is 4. The van der Waals surface area contributed by atoms with Crippen LogP contribution in [0.25, 0.3) is 11.1 Å². The Bertz CT molecular complexity index is 1360. The lowest BCUT2D eigenvalue weighted by Gasteiger charge is -2.32. The molecule has 1 fully saturated rings. The molecular formula is C31H35BINO4. The first-order chi connectivity index (χ1) is 17.9. The van der Waals surface area contributed by atoms with E-state index in [-0.39, 0.29) is 5.92 Å². The van der Waals surface area contributed by atoms with Crippen molar-refractivity contribution in [1.29, 1.82) is 0 Å². The zero-order valence-corrected chi connectivity index (χ0v) is 25.4. The molecule has 3 aromatic rings. The van der Waals surface area contributed by atoms with E-state index >= 15 is 0 Å². The van der Waals surface area contributed by atoms with E-state index in [9.17, 15) is 4.79 Å². The molecule has 0 atom stereocenters. The van der Waals surface area contributed by atoms with Crippen molar-refractivity contribution in [3.05, 3.63) is 85.5 Å². The highest BCUT2D eigenvalue weighted by molar-refractivity contribution is 14.1. The topological polar surface area (TPSA) is 56.8 Å². The third-order valence-electron chi connectivity index (χ3n) is 8.61. The maximum atomic E-state index is 12.9. The zero-order chi connectivity index (χ0) is 27.4. The molecule has 0 bridgehead atoms. The fourth-order valence-corrected chi connectivity index (χ4v) is 6.26. The molecule has 1 N–H and O–H groups in total. The number of carbonyl (C=O) groups is 1. The fraction of sp³-hybridized carbons (Fsp3) is 0.387. The Balaban J connectivity index is 1.32. The number of hydrogen-bond donors (Lipinski definition) is 1. The summed E-state index contributed by atoms with van der Waals surface area (Å²) in [6.45, 7) is 15.2. The summed E-state index contributed by atoms with van der Waals surface area (Å²) in [5.74, 6) is 0.0342. The molecule has 0 aromatic heterocycles. The molecule has 1 heterocycles. The highest BCUT2D eigenvalue weighted by Crippen LogP contribution is 2.44. The largest absolute Gasteiger partial charge is 0.495 e. The van der Waals surface area contributed by atoms with E-state index < -0.39 is 24.4 Å². The number of benzene rings is 3. The van der Waals surface area contributed by atoms with E-state index in [2.05, 4.69) is 113 Å². The minimum atomic E-state index is -0.456. The average Bonchev–Trinajstić information content (AvgIpc) is 3.30. The van der Waals surface area contributed by atoms with Gasteiger partial charge in [-0.25, -0.2) is 4.79 Å². The predicted molar refractivity (Wildman–Crippen MR) is 161 cm³/mol. The third-order valence-corrected chi connectivity index (χ3v) is 10.2. The number of fused-ring (bicyclic) bond motifs is 3. The van der Waals surface area contributed by atoms with Crippen molar-refractivity contribution in [3.8, 4) is 11.1 Å². The normalized spacial score (nSPS) is 17.3. The van der Waals surface area contributed by atoms with Gasteiger partial charge in [-0.3, -0.25) is 0 Å². The summed E-state index contributed by atoms with van der Waals surface area (Å²) in [5, 5.41) is 3.00. The molecular weight excluding hydrogens is 588 g/mol. The van der Waals surface area contributed by atoms with Gasteiger partial charge in [0, 0.05) is 16.0 Å². The van der Waals surface area contributed by atoms with Crippen LogP contribution >= 0.6 is 22.6 Å².